The molecule has 9 aromatic rings. The van der Waals surface area contributed by atoms with Gasteiger partial charge in [-0.1, -0.05) is 201 Å². The summed E-state index contributed by atoms with van der Waals surface area (Å²) in [5, 5.41) is 2.59. The third-order valence-corrected chi connectivity index (χ3v) is 14.2. The molecule has 3 heteroatoms. The Labute approximate surface area is 380 Å². The molecule has 0 saturated heterocycles. The van der Waals surface area contributed by atoms with E-state index in [0.29, 0.717) is 0 Å². The van der Waals surface area contributed by atoms with Crippen molar-refractivity contribution in [3.8, 4) is 22.3 Å². The maximum absolute atomic E-state index is 5.62. The standard InChI is InChI=1S/C61H48N2S/c1-41-59(46-27-15-6-16-28-46)62-61(49-30-17-29-47(36-49)43-21-9-3-10-22-43)63-60(41)54-31-18-32-56-58(54)53-34-33-48(40-57(53)64-56)55(35-42-19-7-2-8-20-42)52-38-50(44-23-11-4-12-24-44)37-51(39-52)45-25-13-5-14-26-45/h2-16,18-28,30-34,36-41,55,60H,17,29,35H2,1H3/t41-,55?,60?/m0/s1. The van der Waals surface area contributed by atoms with Crippen LogP contribution in [0.2, 0.25) is 0 Å². The van der Waals surface area contributed by atoms with Crippen LogP contribution in [-0.4, -0.2) is 11.5 Å². The van der Waals surface area contributed by atoms with E-state index < -0.39 is 0 Å². The minimum atomic E-state index is -0.108. The lowest BCUT2D eigenvalue weighted by molar-refractivity contribution is 0.596. The summed E-state index contributed by atoms with van der Waals surface area (Å²) in [6.07, 6.45) is 7.52. The van der Waals surface area contributed by atoms with E-state index in [1.807, 2.05) is 11.3 Å². The fraction of sp³-hybridized carbons (Fsp3) is 0.115. The summed E-state index contributed by atoms with van der Waals surface area (Å²) >= 11 is 1.90. The van der Waals surface area contributed by atoms with Crippen LogP contribution in [0, 0.1) is 5.92 Å². The van der Waals surface area contributed by atoms with E-state index >= 15 is 0 Å². The Hall–Kier alpha value is -7.20. The molecule has 0 saturated carbocycles. The number of aliphatic imine (C=N–C) groups is 2. The lowest BCUT2D eigenvalue weighted by Gasteiger charge is -2.29. The first kappa shape index (κ1) is 39.6. The Kier molecular flexibility index (Phi) is 10.8. The van der Waals surface area contributed by atoms with Gasteiger partial charge in [0, 0.05) is 37.6 Å². The van der Waals surface area contributed by atoms with Gasteiger partial charge in [0.1, 0.15) is 0 Å². The lowest BCUT2D eigenvalue weighted by Crippen LogP contribution is -2.26. The van der Waals surface area contributed by atoms with Gasteiger partial charge in [-0.05, 0) is 105 Å². The van der Waals surface area contributed by atoms with Gasteiger partial charge in [0.05, 0.1) is 11.8 Å². The normalized spacial score (nSPS) is 16.8. The van der Waals surface area contributed by atoms with Crippen LogP contribution in [0.5, 0.6) is 0 Å². The number of rotatable bonds is 10. The molecule has 308 valence electrons. The second-order valence-electron chi connectivity index (χ2n) is 17.2. The van der Waals surface area contributed by atoms with Crippen molar-refractivity contribution in [2.24, 2.45) is 15.9 Å². The zero-order valence-electron chi connectivity index (χ0n) is 35.9. The van der Waals surface area contributed by atoms with Crippen LogP contribution in [0.15, 0.2) is 234 Å². The van der Waals surface area contributed by atoms with E-state index in [4.69, 9.17) is 9.98 Å². The Balaban J connectivity index is 1.04. The van der Waals surface area contributed by atoms with E-state index in [-0.39, 0.29) is 17.9 Å². The Morgan fingerprint density at radius 2 is 1.16 bits per heavy atom. The van der Waals surface area contributed by atoms with Crippen molar-refractivity contribution in [1.29, 1.82) is 0 Å². The monoisotopic (exact) mass is 840 g/mol. The molecule has 0 spiro atoms. The van der Waals surface area contributed by atoms with Crippen LogP contribution in [-0.2, 0) is 6.42 Å². The number of hydrogen-bond donors (Lipinski definition) is 0. The second-order valence-corrected chi connectivity index (χ2v) is 18.3. The van der Waals surface area contributed by atoms with Gasteiger partial charge < -0.3 is 0 Å². The van der Waals surface area contributed by atoms with Crippen LogP contribution >= 0.6 is 11.3 Å². The van der Waals surface area contributed by atoms with Gasteiger partial charge in [-0.15, -0.1) is 11.3 Å². The molecule has 2 heterocycles. The number of fused-ring (bicyclic) bond motifs is 3. The molecule has 0 bridgehead atoms. The highest BCUT2D eigenvalue weighted by atomic mass is 32.1. The fourth-order valence-corrected chi connectivity index (χ4v) is 11.0. The molecule has 11 rings (SSSR count). The molecule has 0 fully saturated rings. The summed E-state index contributed by atoms with van der Waals surface area (Å²) in [4.78, 5) is 11.0. The topological polar surface area (TPSA) is 24.7 Å². The number of hydrogen-bond acceptors (Lipinski definition) is 3. The zero-order valence-corrected chi connectivity index (χ0v) is 36.8. The van der Waals surface area contributed by atoms with Crippen molar-refractivity contribution in [2.45, 2.75) is 38.1 Å². The Morgan fingerprint density at radius 1 is 0.547 bits per heavy atom. The van der Waals surface area contributed by atoms with E-state index in [1.54, 1.807) is 0 Å². The van der Waals surface area contributed by atoms with Crippen molar-refractivity contribution >= 4 is 48.6 Å². The second kappa shape index (κ2) is 17.5. The summed E-state index contributed by atoms with van der Waals surface area (Å²) < 4.78 is 2.59. The van der Waals surface area contributed by atoms with Crippen molar-refractivity contribution < 1.29 is 0 Å². The molecule has 0 N–H and O–H groups in total. The molecule has 64 heavy (non-hydrogen) atoms. The Bertz CT molecular complexity index is 3180. The molecule has 3 atom stereocenters. The van der Waals surface area contributed by atoms with E-state index in [0.717, 1.165) is 41.9 Å². The number of thiophene rings is 1. The molecule has 0 amide bonds. The molecular weight excluding hydrogens is 793 g/mol. The molecule has 1 aliphatic heterocycles. The molecule has 2 aliphatic rings. The van der Waals surface area contributed by atoms with Crippen molar-refractivity contribution in [3.63, 3.8) is 0 Å². The molecule has 2 unspecified atom stereocenters. The van der Waals surface area contributed by atoms with Crippen LogP contribution in [0.3, 0.4) is 0 Å². The van der Waals surface area contributed by atoms with Crippen LogP contribution in [0.1, 0.15) is 65.1 Å². The van der Waals surface area contributed by atoms with Gasteiger partial charge in [-0.25, -0.2) is 4.99 Å². The smallest absolute Gasteiger partial charge is 0.155 e. The fourth-order valence-electron chi connectivity index (χ4n) is 9.85. The average molecular weight is 841 g/mol. The SMILES string of the molecule is C[C@H]1C(c2ccccc2)=NC(C2=CCCC(c3ccccc3)=C2)=NC1c1cccc2sc3cc(C(Cc4ccccc4)c4cc(-c5ccccc5)cc(-c5ccccc5)c4)ccc3c12. The molecule has 2 nitrogen and oxygen atoms in total. The molecule has 1 aromatic heterocycles. The van der Waals surface area contributed by atoms with E-state index in [1.165, 1.54) is 75.8 Å². The summed E-state index contributed by atoms with van der Waals surface area (Å²) in [6.45, 7) is 2.31. The molecule has 0 radical (unpaired) electrons. The molecule has 1 aliphatic carbocycles. The van der Waals surface area contributed by atoms with Crippen molar-refractivity contribution in [3.05, 3.63) is 257 Å². The maximum atomic E-state index is 5.62. The van der Waals surface area contributed by atoms with Gasteiger partial charge in [-0.3, -0.25) is 4.99 Å². The van der Waals surface area contributed by atoms with Crippen molar-refractivity contribution in [2.75, 3.05) is 0 Å². The third kappa shape index (κ3) is 7.89. The highest BCUT2D eigenvalue weighted by molar-refractivity contribution is 7.25. The van der Waals surface area contributed by atoms with Gasteiger partial charge in [0.25, 0.3) is 0 Å². The summed E-state index contributed by atoms with van der Waals surface area (Å²) in [5.74, 6) is 1.03. The Morgan fingerprint density at radius 3 is 1.81 bits per heavy atom. The number of amidine groups is 1. The third-order valence-electron chi connectivity index (χ3n) is 13.1. The summed E-state index contributed by atoms with van der Waals surface area (Å²) in [7, 11) is 0. The van der Waals surface area contributed by atoms with Gasteiger partial charge >= 0.3 is 0 Å². The van der Waals surface area contributed by atoms with Crippen LogP contribution < -0.4 is 0 Å². The highest BCUT2D eigenvalue weighted by Gasteiger charge is 2.32. The first-order valence-corrected chi connectivity index (χ1v) is 23.4. The number of benzene rings is 8. The van der Waals surface area contributed by atoms with E-state index in [9.17, 15) is 0 Å². The largest absolute Gasteiger partial charge is 0.257 e. The first-order valence-electron chi connectivity index (χ1n) is 22.6. The minimum absolute atomic E-state index is 0.0682. The minimum Gasteiger partial charge on any atom is -0.257 e. The molecule has 8 aromatic carbocycles. The predicted octanol–water partition coefficient (Wildman–Crippen LogP) is 16.1. The van der Waals surface area contributed by atoms with Crippen LogP contribution in [0.4, 0.5) is 0 Å². The quantitative estimate of drug-likeness (QED) is 0.131. The predicted molar refractivity (Wildman–Crippen MR) is 273 cm³/mol. The summed E-state index contributed by atoms with van der Waals surface area (Å²) in [5.41, 5.74) is 16.1. The first-order chi connectivity index (χ1) is 31.6. The van der Waals surface area contributed by atoms with Gasteiger partial charge in [0.15, 0.2) is 5.84 Å². The average Bonchev–Trinajstić information content (AvgIpc) is 3.75. The van der Waals surface area contributed by atoms with Gasteiger partial charge in [-0.2, -0.15) is 0 Å². The van der Waals surface area contributed by atoms with Crippen LogP contribution in [0.25, 0.3) is 48.0 Å². The van der Waals surface area contributed by atoms with Gasteiger partial charge in [0.2, 0.25) is 0 Å². The highest BCUT2D eigenvalue weighted by Crippen LogP contribution is 2.45. The molecular formula is C61H48N2S. The number of nitrogens with zero attached hydrogens (tertiary/aromatic N) is 2. The van der Waals surface area contributed by atoms with Crippen molar-refractivity contribution in [1.82, 2.24) is 0 Å². The number of allylic oxidation sites excluding steroid dienone is 2. The lowest BCUT2D eigenvalue weighted by atomic mass is 9.82. The maximum Gasteiger partial charge on any atom is 0.155 e. The van der Waals surface area contributed by atoms with E-state index in [2.05, 4.69) is 225 Å². The summed E-state index contributed by atoms with van der Waals surface area (Å²) in [6, 6.07) is 75.3. The zero-order chi connectivity index (χ0) is 42.8.